The lowest BCUT2D eigenvalue weighted by molar-refractivity contribution is -0.121. The van der Waals surface area contributed by atoms with Gasteiger partial charge >= 0.3 is 0 Å². The summed E-state index contributed by atoms with van der Waals surface area (Å²) in [6.45, 7) is 6.20. The molecule has 1 aromatic rings. The van der Waals surface area contributed by atoms with Crippen LogP contribution in [0.1, 0.15) is 26.8 Å². The summed E-state index contributed by atoms with van der Waals surface area (Å²) in [5.74, 6) is -0.212. The van der Waals surface area contributed by atoms with E-state index >= 15 is 0 Å². The number of methoxy groups -OCH3 is 1. The summed E-state index contributed by atoms with van der Waals surface area (Å²) in [4.78, 5) is 23.8. The maximum Gasteiger partial charge on any atom is 0.287 e. The summed E-state index contributed by atoms with van der Waals surface area (Å²) in [5, 5.41) is 9.63. The predicted octanol–water partition coefficient (Wildman–Crippen LogP) is 1.04. The molecule has 0 saturated carbocycles. The number of nitrogens with zero attached hydrogens (tertiary/aromatic N) is 2. The van der Waals surface area contributed by atoms with E-state index in [2.05, 4.69) is 15.7 Å². The van der Waals surface area contributed by atoms with E-state index in [1.54, 1.807) is 14.0 Å². The number of rotatable bonds is 7. The van der Waals surface area contributed by atoms with E-state index in [0.717, 1.165) is 0 Å². The monoisotopic (exact) mass is 316 g/mol. The van der Waals surface area contributed by atoms with Gasteiger partial charge in [-0.3, -0.25) is 9.59 Å². The molecule has 1 unspecified atom stereocenters. The number of ether oxygens (including phenoxy) is 1. The van der Waals surface area contributed by atoms with E-state index in [1.165, 1.54) is 10.9 Å². The van der Waals surface area contributed by atoms with Crippen molar-refractivity contribution in [3.8, 4) is 0 Å². The Balaban J connectivity index is 2.77. The van der Waals surface area contributed by atoms with Crippen LogP contribution in [-0.4, -0.2) is 42.0 Å². The first-order chi connectivity index (χ1) is 9.88. The first kappa shape index (κ1) is 17.5. The molecule has 1 aromatic heterocycles. The highest BCUT2D eigenvalue weighted by Crippen LogP contribution is 2.17. The highest BCUT2D eigenvalue weighted by atomic mass is 35.5. The molecule has 0 aromatic carbocycles. The van der Waals surface area contributed by atoms with E-state index in [1.807, 2.05) is 13.8 Å². The van der Waals surface area contributed by atoms with Gasteiger partial charge in [0, 0.05) is 13.7 Å². The van der Waals surface area contributed by atoms with E-state index in [-0.39, 0.29) is 22.5 Å². The molecule has 21 heavy (non-hydrogen) atoms. The van der Waals surface area contributed by atoms with Gasteiger partial charge in [0.1, 0.15) is 11.1 Å². The maximum absolute atomic E-state index is 12.0. The van der Waals surface area contributed by atoms with Crippen molar-refractivity contribution >= 4 is 23.2 Å². The minimum Gasteiger partial charge on any atom is -0.383 e. The highest BCUT2D eigenvalue weighted by molar-refractivity contribution is 6.33. The molecule has 1 amide bonds. The van der Waals surface area contributed by atoms with Gasteiger partial charge in [0.15, 0.2) is 0 Å². The second-order valence-electron chi connectivity index (χ2n) is 4.87. The molecule has 0 aliphatic rings. The van der Waals surface area contributed by atoms with Gasteiger partial charge in [0.25, 0.3) is 5.56 Å². The van der Waals surface area contributed by atoms with E-state index in [9.17, 15) is 9.59 Å². The molecule has 7 nitrogen and oxygen atoms in total. The fraction of sp³-hybridized carbons (Fsp3) is 0.615. The molecule has 1 rings (SSSR count). The molecule has 0 fully saturated rings. The number of nitrogens with one attached hydrogen (secondary N) is 2. The summed E-state index contributed by atoms with van der Waals surface area (Å²) >= 11 is 6.03. The quantitative estimate of drug-likeness (QED) is 0.734. The third-order valence-electron chi connectivity index (χ3n) is 2.80. The van der Waals surface area contributed by atoms with Crippen LogP contribution in [0.5, 0.6) is 0 Å². The summed E-state index contributed by atoms with van der Waals surface area (Å²) in [5.41, 5.74) is -0.0448. The van der Waals surface area contributed by atoms with Crippen LogP contribution >= 0.6 is 11.6 Å². The van der Waals surface area contributed by atoms with Gasteiger partial charge in [-0.1, -0.05) is 11.6 Å². The molecule has 1 atom stereocenters. The molecule has 8 heteroatoms. The summed E-state index contributed by atoms with van der Waals surface area (Å²) in [6, 6.07) is -0.630. The molecular formula is C13H21ClN4O3. The maximum atomic E-state index is 12.0. The Morgan fingerprint density at radius 3 is 2.71 bits per heavy atom. The Hall–Kier alpha value is -1.60. The topological polar surface area (TPSA) is 85.2 Å². The SMILES string of the molecule is COCCNC(=O)C(C)Nc1cnn(C(C)C)c(=O)c1Cl. The van der Waals surface area contributed by atoms with Gasteiger partial charge in [-0.05, 0) is 20.8 Å². The highest BCUT2D eigenvalue weighted by Gasteiger charge is 2.16. The Morgan fingerprint density at radius 1 is 1.48 bits per heavy atom. The van der Waals surface area contributed by atoms with Gasteiger partial charge in [-0.15, -0.1) is 0 Å². The second kappa shape index (κ2) is 7.99. The van der Waals surface area contributed by atoms with Crippen LogP contribution in [0, 0.1) is 0 Å². The fourth-order valence-corrected chi connectivity index (χ4v) is 1.83. The number of hydrogen-bond acceptors (Lipinski definition) is 5. The van der Waals surface area contributed by atoms with Crippen LogP contribution in [0.3, 0.4) is 0 Å². The van der Waals surface area contributed by atoms with Crippen LogP contribution in [0.4, 0.5) is 5.69 Å². The van der Waals surface area contributed by atoms with Gasteiger partial charge in [-0.2, -0.15) is 5.10 Å². The lowest BCUT2D eigenvalue weighted by Gasteiger charge is -2.17. The molecule has 0 aliphatic heterocycles. The van der Waals surface area contributed by atoms with Gasteiger partial charge < -0.3 is 15.4 Å². The first-order valence-corrected chi connectivity index (χ1v) is 7.06. The molecule has 0 bridgehead atoms. The minimum absolute atomic E-state index is 0.0234. The van der Waals surface area contributed by atoms with Crippen molar-refractivity contribution in [2.24, 2.45) is 0 Å². The summed E-state index contributed by atoms with van der Waals surface area (Å²) < 4.78 is 6.14. The zero-order chi connectivity index (χ0) is 16.0. The molecule has 0 saturated heterocycles. The van der Waals surface area contributed by atoms with Crippen LogP contribution in [0.15, 0.2) is 11.0 Å². The number of amides is 1. The van der Waals surface area contributed by atoms with E-state index in [0.29, 0.717) is 18.8 Å². The van der Waals surface area contributed by atoms with Crippen molar-refractivity contribution in [2.75, 3.05) is 25.6 Å². The second-order valence-corrected chi connectivity index (χ2v) is 5.24. The van der Waals surface area contributed by atoms with Crippen LogP contribution in [0.2, 0.25) is 5.02 Å². The van der Waals surface area contributed by atoms with Crippen molar-refractivity contribution in [1.29, 1.82) is 0 Å². The number of anilines is 1. The van der Waals surface area contributed by atoms with E-state index in [4.69, 9.17) is 16.3 Å². The molecule has 0 radical (unpaired) electrons. The van der Waals surface area contributed by atoms with Crippen molar-refractivity contribution in [2.45, 2.75) is 32.9 Å². The lowest BCUT2D eigenvalue weighted by atomic mass is 10.3. The predicted molar refractivity (Wildman–Crippen MR) is 81.9 cm³/mol. The zero-order valence-electron chi connectivity index (χ0n) is 12.6. The normalized spacial score (nSPS) is 12.3. The summed E-state index contributed by atoms with van der Waals surface area (Å²) in [7, 11) is 1.56. The Bertz CT molecular complexity index is 545. The molecule has 0 spiro atoms. The molecule has 1 heterocycles. The van der Waals surface area contributed by atoms with Gasteiger partial charge in [-0.25, -0.2) is 4.68 Å². The third-order valence-corrected chi connectivity index (χ3v) is 3.17. The molecular weight excluding hydrogens is 296 g/mol. The Morgan fingerprint density at radius 2 is 2.14 bits per heavy atom. The fourth-order valence-electron chi connectivity index (χ4n) is 1.64. The number of aromatic nitrogens is 2. The van der Waals surface area contributed by atoms with E-state index < -0.39 is 6.04 Å². The number of hydrogen-bond donors (Lipinski definition) is 2. The number of carbonyl (C=O) groups excluding carboxylic acids is 1. The average Bonchev–Trinajstić information content (AvgIpc) is 2.43. The number of halogens is 1. The average molecular weight is 317 g/mol. The first-order valence-electron chi connectivity index (χ1n) is 6.69. The Labute approximate surface area is 128 Å². The third kappa shape index (κ3) is 4.71. The van der Waals surface area contributed by atoms with Crippen molar-refractivity contribution in [1.82, 2.24) is 15.1 Å². The largest absolute Gasteiger partial charge is 0.383 e. The van der Waals surface area contributed by atoms with Crippen LogP contribution in [0.25, 0.3) is 0 Å². The molecule has 2 N–H and O–H groups in total. The Kier molecular flexibility index (Phi) is 6.64. The lowest BCUT2D eigenvalue weighted by Crippen LogP contribution is -2.39. The number of carbonyl (C=O) groups is 1. The van der Waals surface area contributed by atoms with Gasteiger partial charge in [0.05, 0.1) is 24.5 Å². The van der Waals surface area contributed by atoms with Crippen LogP contribution in [-0.2, 0) is 9.53 Å². The standard InChI is InChI=1S/C13H21ClN4O3/c1-8(2)18-13(20)11(14)10(7-16-18)17-9(3)12(19)15-5-6-21-4/h7-9,17H,5-6H2,1-4H3,(H,15,19). The van der Waals surface area contributed by atoms with Crippen molar-refractivity contribution < 1.29 is 9.53 Å². The minimum atomic E-state index is -0.546. The van der Waals surface area contributed by atoms with Crippen molar-refractivity contribution in [3.63, 3.8) is 0 Å². The molecule has 118 valence electrons. The molecule has 0 aliphatic carbocycles. The summed E-state index contributed by atoms with van der Waals surface area (Å²) in [6.07, 6.45) is 1.45. The zero-order valence-corrected chi connectivity index (χ0v) is 13.4. The van der Waals surface area contributed by atoms with Gasteiger partial charge in [0.2, 0.25) is 5.91 Å². The van der Waals surface area contributed by atoms with Crippen molar-refractivity contribution in [3.05, 3.63) is 21.6 Å². The smallest absolute Gasteiger partial charge is 0.287 e. The van der Waals surface area contributed by atoms with Crippen LogP contribution < -0.4 is 16.2 Å².